The molecular formula is C25H26N2+2. The van der Waals surface area contributed by atoms with Gasteiger partial charge in [-0.1, -0.05) is 76.2 Å². The largest absolute Gasteiger partial charge is 0.503 e. The number of nitrogens with zero attached hydrogens (tertiary/aromatic N) is 2. The van der Waals surface area contributed by atoms with E-state index in [0.717, 1.165) is 11.4 Å². The SMILES string of the molecule is CC(C)c1cccc(C(C)C)c1[N+]1=C=[N+](c2ccccc2)c2ccccc21. The maximum Gasteiger partial charge on any atom is 0.503 e. The zero-order valence-corrected chi connectivity index (χ0v) is 16.5. The summed E-state index contributed by atoms with van der Waals surface area (Å²) in [4.78, 5) is 0. The van der Waals surface area contributed by atoms with Gasteiger partial charge in [0.15, 0.2) is 0 Å². The summed E-state index contributed by atoms with van der Waals surface area (Å²) in [7, 11) is 0. The highest BCUT2D eigenvalue weighted by Gasteiger charge is 2.38. The molecule has 0 aliphatic carbocycles. The molecule has 134 valence electrons. The van der Waals surface area contributed by atoms with Crippen LogP contribution in [0.25, 0.3) is 0 Å². The molecule has 1 aliphatic rings. The fraction of sp³-hybridized carbons (Fsp3) is 0.240. The first kappa shape index (κ1) is 17.5. The predicted molar refractivity (Wildman–Crippen MR) is 115 cm³/mol. The summed E-state index contributed by atoms with van der Waals surface area (Å²) in [5, 5.41) is 0. The zero-order chi connectivity index (χ0) is 19.0. The summed E-state index contributed by atoms with van der Waals surface area (Å²) < 4.78 is 4.42. The fourth-order valence-electron chi connectivity index (χ4n) is 3.76. The number of hydrogen-bond donors (Lipinski definition) is 0. The quantitative estimate of drug-likeness (QED) is 0.356. The number of fused-ring (bicyclic) bond motifs is 1. The molecular weight excluding hydrogens is 328 g/mol. The lowest BCUT2D eigenvalue weighted by molar-refractivity contribution is 0.815. The molecule has 0 amide bonds. The molecule has 0 saturated heterocycles. The first-order valence-corrected chi connectivity index (χ1v) is 9.71. The lowest BCUT2D eigenvalue weighted by Crippen LogP contribution is -2.09. The van der Waals surface area contributed by atoms with Crippen LogP contribution in [0.15, 0.2) is 72.8 Å². The van der Waals surface area contributed by atoms with Crippen molar-refractivity contribution < 1.29 is 0 Å². The van der Waals surface area contributed by atoms with Crippen molar-refractivity contribution >= 4 is 28.8 Å². The number of hydrogen-bond acceptors (Lipinski definition) is 0. The van der Waals surface area contributed by atoms with E-state index in [1.165, 1.54) is 22.5 Å². The Labute approximate surface area is 161 Å². The van der Waals surface area contributed by atoms with Crippen molar-refractivity contribution in [3.05, 3.63) is 83.9 Å². The lowest BCUT2D eigenvalue weighted by atomic mass is 9.92. The predicted octanol–water partition coefficient (Wildman–Crippen LogP) is 6.79. The van der Waals surface area contributed by atoms with Gasteiger partial charge in [0.1, 0.15) is 0 Å². The molecule has 4 rings (SSSR count). The van der Waals surface area contributed by atoms with Crippen LogP contribution in [0.3, 0.4) is 0 Å². The second kappa shape index (κ2) is 6.98. The molecule has 2 nitrogen and oxygen atoms in total. The summed E-state index contributed by atoms with van der Waals surface area (Å²) in [5.41, 5.74) is 7.46. The van der Waals surface area contributed by atoms with E-state index in [-0.39, 0.29) is 0 Å². The Hall–Kier alpha value is -2.96. The van der Waals surface area contributed by atoms with Crippen molar-refractivity contribution in [1.82, 2.24) is 9.15 Å². The molecule has 0 unspecified atom stereocenters. The Bertz CT molecular complexity index is 1030. The monoisotopic (exact) mass is 354 g/mol. The van der Waals surface area contributed by atoms with Crippen LogP contribution in [-0.4, -0.2) is 6.01 Å². The zero-order valence-electron chi connectivity index (χ0n) is 16.5. The fourth-order valence-corrected chi connectivity index (χ4v) is 3.76. The molecule has 27 heavy (non-hydrogen) atoms. The Morgan fingerprint density at radius 3 is 1.67 bits per heavy atom. The first-order chi connectivity index (χ1) is 13.1. The Kier molecular flexibility index (Phi) is 4.51. The number of rotatable bonds is 4. The topological polar surface area (TPSA) is 6.02 Å². The minimum atomic E-state index is 0.443. The molecule has 1 aliphatic heterocycles. The summed E-state index contributed by atoms with van der Waals surface area (Å²) in [5.74, 6) is 0.886. The third kappa shape index (κ3) is 3.03. The van der Waals surface area contributed by atoms with Crippen LogP contribution >= 0.6 is 0 Å². The van der Waals surface area contributed by atoms with Gasteiger partial charge in [0.2, 0.25) is 11.4 Å². The van der Waals surface area contributed by atoms with Crippen LogP contribution in [0.1, 0.15) is 50.7 Å². The molecule has 3 aromatic carbocycles. The maximum atomic E-state index is 3.65. The molecule has 2 heteroatoms. The number of benzene rings is 3. The smallest absolute Gasteiger partial charge is 0.0618 e. The molecule has 0 N–H and O–H groups in total. The van der Waals surface area contributed by atoms with Crippen molar-refractivity contribution in [2.45, 2.75) is 39.5 Å². The molecule has 0 spiro atoms. The van der Waals surface area contributed by atoms with E-state index in [2.05, 4.69) is 110 Å². The van der Waals surface area contributed by atoms with Gasteiger partial charge in [-0.25, -0.2) is 0 Å². The lowest BCUT2D eigenvalue weighted by Gasteiger charge is -2.13. The van der Waals surface area contributed by atoms with E-state index >= 15 is 0 Å². The molecule has 0 atom stereocenters. The van der Waals surface area contributed by atoms with Crippen molar-refractivity contribution in [3.63, 3.8) is 0 Å². The van der Waals surface area contributed by atoms with Crippen molar-refractivity contribution in [1.29, 1.82) is 0 Å². The second-order valence-electron chi connectivity index (χ2n) is 7.69. The highest BCUT2D eigenvalue weighted by Crippen LogP contribution is 2.41. The molecule has 0 saturated carbocycles. The van der Waals surface area contributed by atoms with E-state index in [1.54, 1.807) is 0 Å². The minimum Gasteiger partial charge on any atom is -0.0618 e. The van der Waals surface area contributed by atoms with Crippen LogP contribution in [-0.2, 0) is 0 Å². The van der Waals surface area contributed by atoms with Crippen molar-refractivity contribution in [3.8, 4) is 0 Å². The molecule has 3 aromatic rings. The molecule has 0 fully saturated rings. The van der Waals surface area contributed by atoms with E-state index in [9.17, 15) is 0 Å². The Balaban J connectivity index is 2.06. The second-order valence-corrected chi connectivity index (χ2v) is 7.69. The summed E-state index contributed by atoms with van der Waals surface area (Å²) in [6, 6.07) is 29.3. The highest BCUT2D eigenvalue weighted by molar-refractivity contribution is 5.86. The van der Waals surface area contributed by atoms with Gasteiger partial charge in [-0.3, -0.25) is 0 Å². The van der Waals surface area contributed by atoms with Crippen molar-refractivity contribution in [2.24, 2.45) is 0 Å². The van der Waals surface area contributed by atoms with Crippen molar-refractivity contribution in [2.75, 3.05) is 0 Å². The first-order valence-electron chi connectivity index (χ1n) is 9.71. The average Bonchev–Trinajstić information content (AvgIpc) is 3.07. The molecule has 0 bridgehead atoms. The highest BCUT2D eigenvalue weighted by atomic mass is 15.2. The normalized spacial score (nSPS) is 13.0. The third-order valence-electron chi connectivity index (χ3n) is 5.14. The Morgan fingerprint density at radius 2 is 1.11 bits per heavy atom. The average molecular weight is 354 g/mol. The van der Waals surface area contributed by atoms with Gasteiger partial charge < -0.3 is 0 Å². The van der Waals surface area contributed by atoms with Gasteiger partial charge in [0.05, 0.1) is 0 Å². The minimum absolute atomic E-state index is 0.443. The van der Waals surface area contributed by atoms with Crippen LogP contribution in [0.2, 0.25) is 0 Å². The molecule has 0 aromatic heterocycles. The van der Waals surface area contributed by atoms with E-state index in [4.69, 9.17) is 0 Å². The summed E-state index contributed by atoms with van der Waals surface area (Å²) in [6.45, 7) is 9.06. The third-order valence-corrected chi connectivity index (χ3v) is 5.14. The van der Waals surface area contributed by atoms with Crippen LogP contribution in [0.4, 0.5) is 22.7 Å². The van der Waals surface area contributed by atoms with E-state index in [1.807, 2.05) is 6.07 Å². The Morgan fingerprint density at radius 1 is 0.593 bits per heavy atom. The van der Waals surface area contributed by atoms with Gasteiger partial charge in [0.25, 0.3) is 11.4 Å². The molecule has 1 heterocycles. The maximum absolute atomic E-state index is 3.65. The van der Waals surface area contributed by atoms with Gasteiger partial charge in [-0.05, 0) is 21.0 Å². The van der Waals surface area contributed by atoms with Crippen LogP contribution < -0.4 is 9.15 Å². The molecule has 0 radical (unpaired) electrons. The summed E-state index contributed by atoms with van der Waals surface area (Å²) in [6.07, 6.45) is 0. The standard InChI is InChI=1S/C25H26N2/c1-18(2)21-13-10-14-22(19(3)4)25(21)27-17-26(20-11-6-5-7-12-20)23-15-8-9-16-24(23)27/h5-16,18-19H,1-4H3/q+2. The van der Waals surface area contributed by atoms with Gasteiger partial charge in [-0.15, -0.1) is 0 Å². The van der Waals surface area contributed by atoms with E-state index < -0.39 is 0 Å². The van der Waals surface area contributed by atoms with Crippen LogP contribution in [0, 0.1) is 0 Å². The van der Waals surface area contributed by atoms with Gasteiger partial charge in [-0.2, -0.15) is 0 Å². The summed E-state index contributed by atoms with van der Waals surface area (Å²) >= 11 is 0. The number of para-hydroxylation sites is 4. The van der Waals surface area contributed by atoms with Gasteiger partial charge in [0, 0.05) is 35.4 Å². The van der Waals surface area contributed by atoms with E-state index in [0.29, 0.717) is 11.8 Å². The van der Waals surface area contributed by atoms with Gasteiger partial charge >= 0.3 is 6.01 Å². The van der Waals surface area contributed by atoms with Crippen LogP contribution in [0.5, 0.6) is 0 Å².